The average Bonchev–Trinajstić information content (AvgIpc) is 3.84. The number of hydrogen-bond donors (Lipinski definition) is 6. The molecule has 2 atom stereocenters. The maximum absolute atomic E-state index is 13.0. The minimum atomic E-state index is -0.591. The van der Waals surface area contributed by atoms with Gasteiger partial charge in [-0.2, -0.15) is 0 Å². The van der Waals surface area contributed by atoms with Crippen LogP contribution in [0.4, 0.5) is 0 Å². The van der Waals surface area contributed by atoms with Crippen LogP contribution < -0.4 is 27.4 Å². The number of fused-ring (bicyclic) bond motifs is 1. The molecule has 1 unspecified atom stereocenters. The molecule has 0 fully saturated rings. The van der Waals surface area contributed by atoms with E-state index in [1.54, 1.807) is 18.4 Å². The third-order valence-corrected chi connectivity index (χ3v) is 11.2. The summed E-state index contributed by atoms with van der Waals surface area (Å²) < 4.78 is 0. The van der Waals surface area contributed by atoms with Crippen LogP contribution in [-0.4, -0.2) is 71.1 Å². The van der Waals surface area contributed by atoms with Gasteiger partial charge in [0, 0.05) is 57.2 Å². The van der Waals surface area contributed by atoms with Crippen molar-refractivity contribution in [3.8, 4) is 16.2 Å². The largest absolute Gasteiger partial charge is 0.507 e. The fraction of sp³-hybridized carbons (Fsp3) is 0.364. The maximum atomic E-state index is 13.0. The number of carbonyl (C=O) groups is 5. The molecule has 3 aromatic carbocycles. The van der Waals surface area contributed by atoms with Crippen LogP contribution in [0.1, 0.15) is 107 Å². The number of nitrogens with two attached hydrogens (primary N) is 2. The third kappa shape index (κ3) is 12.1. The van der Waals surface area contributed by atoms with Crippen LogP contribution in [0.3, 0.4) is 0 Å². The Kier molecular flexibility index (Phi) is 15.7. The summed E-state index contributed by atoms with van der Waals surface area (Å²) in [5.41, 5.74) is 19.1. The number of benzene rings is 3. The number of ketones is 1. The highest BCUT2D eigenvalue weighted by Gasteiger charge is 2.25. The second-order valence-electron chi connectivity index (χ2n) is 14.6. The van der Waals surface area contributed by atoms with Gasteiger partial charge in [0.2, 0.25) is 11.8 Å². The Bertz CT molecular complexity index is 2110. The molecule has 0 saturated heterocycles. The zero-order valence-corrected chi connectivity index (χ0v) is 33.9. The van der Waals surface area contributed by atoms with Crippen molar-refractivity contribution in [2.45, 2.75) is 76.8 Å². The minimum Gasteiger partial charge on any atom is -0.507 e. The SMILES string of the molecule is Cc1ncsc1-c1ccc([C@@H](N)CC(=O)NCCCCCCCC(=O)NCCN(C)C(=O)c2ccc(C(=O)C=C(N)C(=O)NC3CCc4ccccc43)cc2O)cc1. The molecule has 1 heterocycles. The van der Waals surface area contributed by atoms with Gasteiger partial charge in [-0.1, -0.05) is 67.8 Å². The normalized spacial score (nSPS) is 14.0. The fourth-order valence-corrected chi connectivity index (χ4v) is 7.69. The molecule has 13 nitrogen and oxygen atoms in total. The van der Waals surface area contributed by atoms with Gasteiger partial charge in [0.05, 0.1) is 27.7 Å². The molecule has 1 aromatic heterocycles. The molecule has 5 rings (SSSR count). The van der Waals surface area contributed by atoms with E-state index in [0.717, 1.165) is 78.3 Å². The van der Waals surface area contributed by atoms with Crippen LogP contribution in [0.2, 0.25) is 0 Å². The number of amides is 4. The lowest BCUT2D eigenvalue weighted by Gasteiger charge is -2.18. The van der Waals surface area contributed by atoms with Crippen LogP contribution in [0, 0.1) is 6.92 Å². The monoisotopic (exact) mass is 807 g/mol. The van der Waals surface area contributed by atoms with Crippen molar-refractivity contribution in [2.75, 3.05) is 26.7 Å². The number of aromatic hydroxyl groups is 1. The second-order valence-corrected chi connectivity index (χ2v) is 15.5. The van der Waals surface area contributed by atoms with Crippen molar-refractivity contribution in [3.63, 3.8) is 0 Å². The van der Waals surface area contributed by atoms with Gasteiger partial charge in [-0.15, -0.1) is 11.3 Å². The zero-order valence-electron chi connectivity index (χ0n) is 33.1. The number of phenolic OH excluding ortho intramolecular Hbond substituents is 1. The van der Waals surface area contributed by atoms with Gasteiger partial charge in [-0.25, -0.2) is 4.98 Å². The van der Waals surface area contributed by atoms with Gasteiger partial charge in [-0.05, 0) is 73.1 Å². The number of aryl methyl sites for hydroxylation is 2. The molecule has 8 N–H and O–H groups in total. The van der Waals surface area contributed by atoms with Crippen molar-refractivity contribution in [2.24, 2.45) is 11.5 Å². The predicted molar refractivity (Wildman–Crippen MR) is 225 cm³/mol. The molecule has 0 aliphatic heterocycles. The standard InChI is InChI=1S/C44H53N7O6S/c1-28-42(58-27-49-28)31-15-13-30(14-16-31)35(45)26-41(55)47-21-9-5-3-4-6-12-40(54)48-22-23-51(2)44(57)34-19-17-32(24-39(34)53)38(52)25-36(46)43(56)50-37-20-18-29-10-7-8-11-33(29)37/h7-8,10-11,13-17,19,24-25,27,35,37,53H,3-6,9,12,18,20-23,26,45-46H2,1-2H3,(H,47,55)(H,48,54)(H,50,56)/t35-,37?/m0/s1. The van der Waals surface area contributed by atoms with Crippen LogP contribution >= 0.6 is 11.3 Å². The summed E-state index contributed by atoms with van der Waals surface area (Å²) >= 11 is 1.60. The Morgan fingerprint density at radius 2 is 1.67 bits per heavy atom. The molecule has 4 aromatic rings. The Hall–Kier alpha value is -5.86. The molecule has 0 spiro atoms. The number of thiazole rings is 1. The summed E-state index contributed by atoms with van der Waals surface area (Å²) in [4.78, 5) is 70.2. The Labute approximate surface area is 343 Å². The van der Waals surface area contributed by atoms with E-state index in [9.17, 15) is 29.1 Å². The number of phenols is 1. The van der Waals surface area contributed by atoms with E-state index in [-0.39, 0.29) is 60.2 Å². The molecule has 306 valence electrons. The van der Waals surface area contributed by atoms with E-state index in [0.29, 0.717) is 13.0 Å². The zero-order chi connectivity index (χ0) is 41.6. The number of aromatic nitrogens is 1. The van der Waals surface area contributed by atoms with Crippen LogP contribution in [0.5, 0.6) is 5.75 Å². The van der Waals surface area contributed by atoms with Gasteiger partial charge in [0.15, 0.2) is 5.78 Å². The van der Waals surface area contributed by atoms with Crippen LogP contribution in [0.25, 0.3) is 10.4 Å². The fourth-order valence-electron chi connectivity index (χ4n) is 6.88. The van der Waals surface area contributed by atoms with E-state index >= 15 is 0 Å². The highest BCUT2D eigenvalue weighted by atomic mass is 32.1. The van der Waals surface area contributed by atoms with Gasteiger partial charge < -0.3 is 37.4 Å². The lowest BCUT2D eigenvalue weighted by molar-refractivity contribution is -0.122. The first-order valence-electron chi connectivity index (χ1n) is 19.7. The molecule has 0 saturated carbocycles. The van der Waals surface area contributed by atoms with E-state index in [1.807, 2.05) is 61.0 Å². The van der Waals surface area contributed by atoms with Crippen molar-refractivity contribution in [1.82, 2.24) is 25.8 Å². The summed E-state index contributed by atoms with van der Waals surface area (Å²) in [5, 5.41) is 19.2. The molecule has 4 amide bonds. The van der Waals surface area contributed by atoms with E-state index < -0.39 is 23.3 Å². The number of unbranched alkanes of at least 4 members (excludes halogenated alkanes) is 4. The minimum absolute atomic E-state index is 0.00716. The second kappa shape index (κ2) is 21.1. The van der Waals surface area contributed by atoms with E-state index in [1.165, 1.54) is 28.7 Å². The molecule has 1 aliphatic carbocycles. The topological polar surface area (TPSA) is 210 Å². The van der Waals surface area contributed by atoms with Gasteiger partial charge in [0.25, 0.3) is 11.8 Å². The highest BCUT2D eigenvalue weighted by Crippen LogP contribution is 2.31. The number of carbonyl (C=O) groups excluding carboxylic acids is 5. The lowest BCUT2D eigenvalue weighted by atomic mass is 10.0. The smallest absolute Gasteiger partial charge is 0.267 e. The van der Waals surface area contributed by atoms with Crippen LogP contribution in [0.15, 0.2) is 84.0 Å². The first-order chi connectivity index (χ1) is 27.9. The molecular formula is C44H53N7O6S. The number of hydrogen-bond acceptors (Lipinski definition) is 10. The number of allylic oxidation sites excluding steroid dienone is 1. The van der Waals surface area contributed by atoms with Crippen LogP contribution in [-0.2, 0) is 20.8 Å². The van der Waals surface area contributed by atoms with Crippen molar-refractivity contribution in [1.29, 1.82) is 0 Å². The van der Waals surface area contributed by atoms with Gasteiger partial charge >= 0.3 is 0 Å². The summed E-state index contributed by atoms with van der Waals surface area (Å²) in [6, 6.07) is 19.1. The molecule has 1 aliphatic rings. The predicted octanol–water partition coefficient (Wildman–Crippen LogP) is 5.39. The van der Waals surface area contributed by atoms with E-state index in [4.69, 9.17) is 11.5 Å². The number of rotatable bonds is 20. The molecule has 0 radical (unpaired) electrons. The van der Waals surface area contributed by atoms with Crippen molar-refractivity contribution in [3.05, 3.63) is 118 Å². The average molecular weight is 808 g/mol. The number of nitrogens with one attached hydrogen (secondary N) is 3. The van der Waals surface area contributed by atoms with Gasteiger partial charge in [0.1, 0.15) is 11.4 Å². The maximum Gasteiger partial charge on any atom is 0.267 e. The summed E-state index contributed by atoms with van der Waals surface area (Å²) in [7, 11) is 1.55. The highest BCUT2D eigenvalue weighted by molar-refractivity contribution is 7.13. The quantitative estimate of drug-likeness (QED) is 0.0384. The Morgan fingerprint density at radius 3 is 2.41 bits per heavy atom. The lowest BCUT2D eigenvalue weighted by Crippen LogP contribution is -2.36. The first kappa shape index (κ1) is 43.3. The van der Waals surface area contributed by atoms with E-state index in [2.05, 4.69) is 20.9 Å². The molecular weight excluding hydrogens is 755 g/mol. The Morgan fingerprint density at radius 1 is 0.948 bits per heavy atom. The van der Waals surface area contributed by atoms with Crippen molar-refractivity contribution >= 4 is 40.7 Å². The number of likely N-dealkylation sites (N-methyl/N-ethyl adjacent to an activating group) is 1. The molecule has 0 bridgehead atoms. The first-order valence-corrected chi connectivity index (χ1v) is 20.6. The molecule has 58 heavy (non-hydrogen) atoms. The summed E-state index contributed by atoms with van der Waals surface area (Å²) in [6.45, 7) is 3.00. The molecule has 14 heteroatoms. The van der Waals surface area contributed by atoms with Gasteiger partial charge in [-0.3, -0.25) is 24.0 Å². The Balaban J connectivity index is 0.913. The summed E-state index contributed by atoms with van der Waals surface area (Å²) in [5.74, 6) is -2.22. The summed E-state index contributed by atoms with van der Waals surface area (Å²) in [6.07, 6.45) is 7.48. The third-order valence-electron chi connectivity index (χ3n) is 10.3. The number of nitrogens with zero attached hydrogens (tertiary/aromatic N) is 2. The van der Waals surface area contributed by atoms with Crippen molar-refractivity contribution < 1.29 is 29.1 Å².